The van der Waals surface area contributed by atoms with E-state index >= 15 is 4.39 Å². The topological polar surface area (TPSA) is 166 Å². The van der Waals surface area contributed by atoms with E-state index in [2.05, 4.69) is 21.0 Å². The lowest BCUT2D eigenvalue weighted by atomic mass is 9.61. The van der Waals surface area contributed by atoms with Crippen LogP contribution in [0.15, 0.2) is 30.5 Å². The Bertz CT molecular complexity index is 1810. The first-order chi connectivity index (χ1) is 26.7. The number of nitrogens with one attached hydrogen (secondary N) is 3. The number of aromatic nitrogens is 2. The minimum atomic E-state index is -0.965. The fourth-order valence-corrected chi connectivity index (χ4v) is 9.25. The Morgan fingerprint density at radius 1 is 0.929 bits per heavy atom. The average Bonchev–Trinajstić information content (AvgIpc) is 4.06. The SMILES string of the molecule is CCn1nccc1C(=O)N[C@H](C(=O)Nc1ccc([C@H](C)[C@@H](NC(=O)N(C)C2CC2)C(=O)N2CCC3(CC2)CCC(C)(C(=O)O)CC3)cc1F)C(C1CC1)C1CC1. The van der Waals surface area contributed by atoms with Gasteiger partial charge in [-0.2, -0.15) is 5.10 Å². The smallest absolute Gasteiger partial charge is 0.318 e. The fourth-order valence-electron chi connectivity index (χ4n) is 9.25. The molecule has 1 saturated heterocycles. The van der Waals surface area contributed by atoms with Crippen molar-refractivity contribution in [3.63, 3.8) is 0 Å². The highest BCUT2D eigenvalue weighted by atomic mass is 19.1. The number of rotatable bonds is 14. The Balaban J connectivity index is 1.06. The van der Waals surface area contributed by atoms with Crippen LogP contribution >= 0.6 is 0 Å². The molecule has 304 valence electrons. The van der Waals surface area contributed by atoms with E-state index in [1.54, 1.807) is 46.8 Å². The van der Waals surface area contributed by atoms with Gasteiger partial charge in [-0.3, -0.25) is 23.9 Å². The summed E-state index contributed by atoms with van der Waals surface area (Å²) >= 11 is 0. The fraction of sp³-hybridized carbons (Fsp3) is 0.667. The van der Waals surface area contributed by atoms with Gasteiger partial charge in [0.25, 0.3) is 5.91 Å². The third-order valence-corrected chi connectivity index (χ3v) is 13.8. The molecular weight excluding hydrogens is 718 g/mol. The number of amides is 5. The summed E-state index contributed by atoms with van der Waals surface area (Å²) in [6, 6.07) is 4.07. The molecular formula is C42H58FN7O6. The van der Waals surface area contributed by atoms with E-state index in [4.69, 9.17) is 0 Å². The largest absolute Gasteiger partial charge is 0.481 e. The third kappa shape index (κ3) is 8.44. The van der Waals surface area contributed by atoms with Crippen molar-refractivity contribution in [2.45, 2.75) is 128 Å². The van der Waals surface area contributed by atoms with Crippen LogP contribution in [0, 0.1) is 34.4 Å². The molecule has 3 atom stereocenters. The Morgan fingerprint density at radius 2 is 1.57 bits per heavy atom. The van der Waals surface area contributed by atoms with Crippen LogP contribution in [0.2, 0.25) is 0 Å². The molecule has 2 heterocycles. The van der Waals surface area contributed by atoms with Crippen molar-refractivity contribution in [1.82, 2.24) is 30.2 Å². The number of aliphatic carboxylic acids is 1. The van der Waals surface area contributed by atoms with Gasteiger partial charge in [-0.15, -0.1) is 0 Å². The molecule has 5 aliphatic rings. The van der Waals surface area contributed by atoms with Crippen molar-refractivity contribution < 1.29 is 33.5 Å². The number of hydrogen-bond acceptors (Lipinski definition) is 6. The molecule has 0 radical (unpaired) electrons. The van der Waals surface area contributed by atoms with Gasteiger partial charge in [-0.1, -0.05) is 13.0 Å². The van der Waals surface area contributed by atoms with E-state index in [9.17, 15) is 29.1 Å². The monoisotopic (exact) mass is 775 g/mol. The van der Waals surface area contributed by atoms with Crippen LogP contribution in [0.5, 0.6) is 0 Å². The van der Waals surface area contributed by atoms with Crippen molar-refractivity contribution in [2.75, 3.05) is 25.5 Å². The minimum absolute atomic E-state index is 0.00287. The number of carboxylic acid groups (broad SMARTS) is 1. The quantitative estimate of drug-likeness (QED) is 0.189. The highest BCUT2D eigenvalue weighted by molar-refractivity contribution is 6.01. The molecule has 1 aliphatic heterocycles. The Hall–Kier alpha value is -4.49. The minimum Gasteiger partial charge on any atom is -0.481 e. The number of urea groups is 1. The summed E-state index contributed by atoms with van der Waals surface area (Å²) in [5.74, 6) is -2.53. The van der Waals surface area contributed by atoms with E-state index in [1.807, 2.05) is 13.8 Å². The number of hydrogen-bond donors (Lipinski definition) is 4. The molecule has 4 aliphatic carbocycles. The van der Waals surface area contributed by atoms with E-state index in [0.29, 0.717) is 55.6 Å². The normalized spacial score (nSPS) is 21.9. The maximum atomic E-state index is 16.1. The summed E-state index contributed by atoms with van der Waals surface area (Å²) in [6.07, 6.45) is 11.7. The lowest BCUT2D eigenvalue weighted by Gasteiger charge is -2.48. The maximum Gasteiger partial charge on any atom is 0.318 e. The molecule has 7 rings (SSSR count). The van der Waals surface area contributed by atoms with Crippen LogP contribution in [0.1, 0.15) is 120 Å². The molecule has 1 aromatic carbocycles. The van der Waals surface area contributed by atoms with Crippen molar-refractivity contribution in [3.05, 3.63) is 47.5 Å². The Morgan fingerprint density at radius 3 is 2.12 bits per heavy atom. The predicted octanol–water partition coefficient (Wildman–Crippen LogP) is 5.77. The molecule has 0 bridgehead atoms. The van der Waals surface area contributed by atoms with Crippen molar-refractivity contribution in [2.24, 2.45) is 28.6 Å². The van der Waals surface area contributed by atoms with Gasteiger partial charge in [0.1, 0.15) is 23.6 Å². The van der Waals surface area contributed by atoms with Gasteiger partial charge in [-0.25, -0.2) is 9.18 Å². The maximum absolute atomic E-state index is 16.1. The van der Waals surface area contributed by atoms with E-state index in [0.717, 1.165) is 64.2 Å². The molecule has 56 heavy (non-hydrogen) atoms. The lowest BCUT2D eigenvalue weighted by Crippen LogP contribution is -2.56. The predicted molar refractivity (Wildman–Crippen MR) is 207 cm³/mol. The third-order valence-electron chi connectivity index (χ3n) is 13.8. The van der Waals surface area contributed by atoms with Gasteiger partial charge in [0.2, 0.25) is 11.8 Å². The highest BCUT2D eigenvalue weighted by Gasteiger charge is 2.49. The zero-order valence-electron chi connectivity index (χ0n) is 33.2. The van der Waals surface area contributed by atoms with Gasteiger partial charge in [-0.05, 0) is 138 Å². The standard InChI is InChI=1S/C42H58FN7O6/c1-5-50-32(14-21-44-50)36(51)46-35(33(26-6-7-26)27-8-9-27)37(52)45-31-13-10-28(24-30(31)43)25(2)34(47-40(56)48(4)29-11-12-29)38(53)49-22-19-42(20-23-49)17-15-41(3,16-18-42)39(54)55/h10,13-14,21,24-27,29,33-35H,5-9,11-12,15-20,22-23H2,1-4H3,(H,45,52)(H,46,51)(H,47,56)(H,54,55)/t25-,34+,35-/m0/s1. The summed E-state index contributed by atoms with van der Waals surface area (Å²) in [7, 11) is 1.72. The number of aryl methyl sites for hydroxylation is 1. The number of piperidine rings is 1. The van der Waals surface area contributed by atoms with Crippen molar-refractivity contribution in [3.8, 4) is 0 Å². The first-order valence-corrected chi connectivity index (χ1v) is 20.7. The first-order valence-electron chi connectivity index (χ1n) is 20.7. The Kier molecular flexibility index (Phi) is 11.2. The number of benzene rings is 1. The molecule has 2 aromatic rings. The van der Waals surface area contributed by atoms with Gasteiger partial charge in [0, 0.05) is 44.8 Å². The highest BCUT2D eigenvalue weighted by Crippen LogP contribution is 2.52. The number of halogens is 1. The molecule has 5 amide bonds. The average molecular weight is 776 g/mol. The zero-order valence-corrected chi connectivity index (χ0v) is 33.2. The molecule has 14 heteroatoms. The first kappa shape index (κ1) is 39.7. The van der Waals surface area contributed by atoms with E-state index in [1.165, 1.54) is 12.1 Å². The number of anilines is 1. The number of likely N-dealkylation sites (tertiary alicyclic amines) is 1. The Labute approximate surface area is 328 Å². The lowest BCUT2D eigenvalue weighted by molar-refractivity contribution is -0.152. The van der Waals surface area contributed by atoms with Gasteiger partial charge in [0.05, 0.1) is 11.1 Å². The summed E-state index contributed by atoms with van der Waals surface area (Å²) in [5, 5.41) is 22.7. The number of carbonyl (C=O) groups excluding carboxylic acids is 4. The van der Waals surface area contributed by atoms with Gasteiger partial charge < -0.3 is 30.9 Å². The summed E-state index contributed by atoms with van der Waals surface area (Å²) in [5.41, 5.74) is 0.122. The molecule has 5 fully saturated rings. The second-order valence-corrected chi connectivity index (χ2v) is 17.7. The molecule has 0 unspecified atom stereocenters. The molecule has 4 N–H and O–H groups in total. The van der Waals surface area contributed by atoms with E-state index < -0.39 is 47.0 Å². The molecule has 13 nitrogen and oxygen atoms in total. The van der Waals surface area contributed by atoms with Gasteiger partial charge in [0.15, 0.2) is 0 Å². The van der Waals surface area contributed by atoms with Crippen LogP contribution in [-0.4, -0.2) is 92.7 Å². The number of carbonyl (C=O) groups is 5. The zero-order chi connectivity index (χ0) is 39.9. The molecule has 4 saturated carbocycles. The number of nitrogens with zero attached hydrogens (tertiary/aromatic N) is 4. The van der Waals surface area contributed by atoms with Crippen molar-refractivity contribution in [1.29, 1.82) is 0 Å². The number of carboxylic acids is 1. The van der Waals surface area contributed by atoms with Crippen LogP contribution in [0.25, 0.3) is 0 Å². The molecule has 1 aromatic heterocycles. The van der Waals surface area contributed by atoms with Crippen LogP contribution in [0.3, 0.4) is 0 Å². The molecule has 1 spiro atoms. The van der Waals surface area contributed by atoms with Crippen LogP contribution in [0.4, 0.5) is 14.9 Å². The van der Waals surface area contributed by atoms with Crippen LogP contribution in [-0.2, 0) is 20.9 Å². The van der Waals surface area contributed by atoms with Crippen molar-refractivity contribution >= 4 is 35.4 Å². The van der Waals surface area contributed by atoms with Gasteiger partial charge >= 0.3 is 12.0 Å². The second-order valence-electron chi connectivity index (χ2n) is 17.7. The summed E-state index contributed by atoms with van der Waals surface area (Å²) in [4.78, 5) is 70.4. The summed E-state index contributed by atoms with van der Waals surface area (Å²) < 4.78 is 17.6. The second kappa shape index (κ2) is 15.8. The summed E-state index contributed by atoms with van der Waals surface area (Å²) in [6.45, 7) is 7.01. The van der Waals surface area contributed by atoms with E-state index in [-0.39, 0.29) is 35.0 Å². The van der Waals surface area contributed by atoms with Crippen LogP contribution < -0.4 is 16.0 Å².